The van der Waals surface area contributed by atoms with Crippen LogP contribution in [-0.2, 0) is 16.0 Å². The van der Waals surface area contributed by atoms with Gasteiger partial charge in [0.25, 0.3) is 0 Å². The second-order valence-electron chi connectivity index (χ2n) is 9.71. The van der Waals surface area contributed by atoms with Crippen LogP contribution < -0.4 is 0 Å². The lowest BCUT2D eigenvalue weighted by Crippen LogP contribution is -2.45. The molecule has 0 saturated carbocycles. The number of benzene rings is 3. The molecule has 0 aliphatic carbocycles. The van der Waals surface area contributed by atoms with Gasteiger partial charge < -0.3 is 10.0 Å². The van der Waals surface area contributed by atoms with Gasteiger partial charge in [0.15, 0.2) is 0 Å². The molecule has 3 aromatic rings. The largest absolute Gasteiger partial charge is 0.480 e. The van der Waals surface area contributed by atoms with Gasteiger partial charge in [0.05, 0.1) is 5.92 Å². The number of likely N-dealkylation sites (tertiary alicyclic amines) is 2. The van der Waals surface area contributed by atoms with Crippen molar-refractivity contribution in [1.82, 2.24) is 9.80 Å². The molecule has 0 radical (unpaired) electrons. The number of nitrogens with zero attached hydrogens (tertiary/aromatic N) is 2. The van der Waals surface area contributed by atoms with E-state index in [1.54, 1.807) is 4.90 Å². The maximum absolute atomic E-state index is 14.0. The highest BCUT2D eigenvalue weighted by molar-refractivity contribution is 5.91. The smallest absolute Gasteiger partial charge is 0.326 e. The van der Waals surface area contributed by atoms with Crippen LogP contribution in [0.5, 0.6) is 0 Å². The monoisotopic (exact) mass is 468 g/mol. The number of rotatable bonds is 7. The third-order valence-electron chi connectivity index (χ3n) is 7.57. The first-order chi connectivity index (χ1) is 17.1. The van der Waals surface area contributed by atoms with E-state index in [2.05, 4.69) is 29.2 Å². The van der Waals surface area contributed by atoms with E-state index in [4.69, 9.17) is 0 Å². The zero-order valence-electron chi connectivity index (χ0n) is 19.9. The van der Waals surface area contributed by atoms with E-state index in [9.17, 15) is 14.7 Å². The number of hydrogen-bond donors (Lipinski definition) is 1. The van der Waals surface area contributed by atoms with Crippen LogP contribution in [0.2, 0.25) is 0 Å². The highest BCUT2D eigenvalue weighted by atomic mass is 16.4. The quantitative estimate of drug-likeness (QED) is 0.551. The lowest BCUT2D eigenvalue weighted by atomic mass is 9.90. The van der Waals surface area contributed by atoms with Crippen LogP contribution >= 0.6 is 0 Å². The van der Waals surface area contributed by atoms with Crippen molar-refractivity contribution in [3.05, 3.63) is 108 Å². The van der Waals surface area contributed by atoms with E-state index in [1.807, 2.05) is 66.7 Å². The third kappa shape index (κ3) is 5.01. The van der Waals surface area contributed by atoms with Crippen molar-refractivity contribution in [2.45, 2.75) is 49.7 Å². The van der Waals surface area contributed by atoms with Crippen LogP contribution in [0.4, 0.5) is 0 Å². The van der Waals surface area contributed by atoms with E-state index in [1.165, 1.54) is 5.56 Å². The van der Waals surface area contributed by atoms with E-state index in [0.29, 0.717) is 19.0 Å². The number of carbonyl (C=O) groups is 2. The maximum atomic E-state index is 14.0. The van der Waals surface area contributed by atoms with Crippen molar-refractivity contribution in [2.75, 3.05) is 13.1 Å². The van der Waals surface area contributed by atoms with Crippen LogP contribution in [0.3, 0.4) is 0 Å². The molecule has 0 spiro atoms. The molecular formula is C30H32N2O3. The van der Waals surface area contributed by atoms with Crippen molar-refractivity contribution in [2.24, 2.45) is 0 Å². The second-order valence-corrected chi connectivity index (χ2v) is 9.71. The molecule has 2 aliphatic heterocycles. The van der Waals surface area contributed by atoms with Crippen LogP contribution in [0.25, 0.3) is 0 Å². The number of carboxylic acids is 1. The molecule has 35 heavy (non-hydrogen) atoms. The van der Waals surface area contributed by atoms with Gasteiger partial charge in [-0.3, -0.25) is 9.69 Å². The van der Waals surface area contributed by atoms with E-state index >= 15 is 0 Å². The van der Waals surface area contributed by atoms with Gasteiger partial charge >= 0.3 is 5.97 Å². The minimum Gasteiger partial charge on any atom is -0.480 e. The van der Waals surface area contributed by atoms with Crippen LogP contribution in [0, 0.1) is 0 Å². The zero-order valence-corrected chi connectivity index (χ0v) is 19.9. The van der Waals surface area contributed by atoms with E-state index in [-0.39, 0.29) is 11.9 Å². The summed E-state index contributed by atoms with van der Waals surface area (Å²) in [5.41, 5.74) is 3.08. The molecular weight excluding hydrogens is 436 g/mol. The molecule has 0 bridgehead atoms. The predicted molar refractivity (Wildman–Crippen MR) is 136 cm³/mol. The molecule has 1 amide bonds. The molecule has 0 aromatic heterocycles. The predicted octanol–water partition coefficient (Wildman–Crippen LogP) is 4.58. The van der Waals surface area contributed by atoms with Gasteiger partial charge in [-0.25, -0.2) is 4.79 Å². The van der Waals surface area contributed by atoms with Gasteiger partial charge in [0.2, 0.25) is 5.91 Å². The van der Waals surface area contributed by atoms with Gasteiger partial charge in [-0.1, -0.05) is 91.0 Å². The van der Waals surface area contributed by atoms with E-state index < -0.39 is 17.9 Å². The van der Waals surface area contributed by atoms with E-state index in [0.717, 1.165) is 36.9 Å². The topological polar surface area (TPSA) is 60.9 Å². The first-order valence-electron chi connectivity index (χ1n) is 12.5. The molecule has 5 heteroatoms. The lowest BCUT2D eigenvalue weighted by Gasteiger charge is -2.31. The molecule has 3 atom stereocenters. The average Bonchev–Trinajstić information content (AvgIpc) is 3.53. The van der Waals surface area contributed by atoms with Crippen LogP contribution in [-0.4, -0.2) is 58.0 Å². The summed E-state index contributed by atoms with van der Waals surface area (Å²) in [5, 5.41) is 10.1. The van der Waals surface area contributed by atoms with Gasteiger partial charge in [0.1, 0.15) is 6.04 Å². The Kier molecular flexibility index (Phi) is 6.96. The number of aliphatic carboxylic acids is 1. The Morgan fingerprint density at radius 2 is 1.43 bits per heavy atom. The van der Waals surface area contributed by atoms with Gasteiger partial charge in [-0.2, -0.15) is 0 Å². The number of hydrogen-bond acceptors (Lipinski definition) is 3. The molecule has 5 rings (SSSR count). The molecule has 2 aliphatic rings. The molecule has 180 valence electrons. The van der Waals surface area contributed by atoms with Crippen molar-refractivity contribution < 1.29 is 14.7 Å². The lowest BCUT2D eigenvalue weighted by molar-refractivity contribution is -0.148. The summed E-state index contributed by atoms with van der Waals surface area (Å²) in [6.07, 6.45) is 3.65. The molecule has 2 heterocycles. The molecule has 1 N–H and O–H groups in total. The molecule has 2 fully saturated rings. The average molecular weight is 469 g/mol. The normalized spacial score (nSPS) is 22.5. The molecule has 5 nitrogen and oxygen atoms in total. The highest BCUT2D eigenvalue weighted by Crippen LogP contribution is 2.34. The van der Waals surface area contributed by atoms with Crippen molar-refractivity contribution in [3.63, 3.8) is 0 Å². The minimum absolute atomic E-state index is 0.0588. The summed E-state index contributed by atoms with van der Waals surface area (Å²) in [7, 11) is 0. The Morgan fingerprint density at radius 1 is 0.857 bits per heavy atom. The number of amides is 1. The van der Waals surface area contributed by atoms with Gasteiger partial charge in [0, 0.05) is 18.6 Å². The van der Waals surface area contributed by atoms with Crippen molar-refractivity contribution in [3.8, 4) is 0 Å². The summed E-state index contributed by atoms with van der Waals surface area (Å²) < 4.78 is 0. The fourth-order valence-electron chi connectivity index (χ4n) is 5.91. The SMILES string of the molecule is O=C(O)[C@@H]1C[C@H](N2CCCC2Cc2ccccc2)CN1C(=O)C(c1ccccc1)c1ccccc1. The van der Waals surface area contributed by atoms with Crippen molar-refractivity contribution >= 4 is 11.9 Å². The summed E-state index contributed by atoms with van der Waals surface area (Å²) >= 11 is 0. The summed E-state index contributed by atoms with van der Waals surface area (Å²) in [6.45, 7) is 1.41. The minimum atomic E-state index is -0.917. The first kappa shape index (κ1) is 23.3. The Hall–Kier alpha value is -3.44. The Bertz CT molecular complexity index is 1100. The van der Waals surface area contributed by atoms with Crippen LogP contribution in [0.15, 0.2) is 91.0 Å². The number of carboxylic acid groups (broad SMARTS) is 1. The second kappa shape index (κ2) is 10.4. The van der Waals surface area contributed by atoms with Gasteiger partial charge in [-0.05, 0) is 48.9 Å². The fraction of sp³-hybridized carbons (Fsp3) is 0.333. The Labute approximate surface area is 207 Å². The third-order valence-corrected chi connectivity index (χ3v) is 7.57. The van der Waals surface area contributed by atoms with Gasteiger partial charge in [-0.15, -0.1) is 0 Å². The molecule has 1 unspecified atom stereocenters. The summed E-state index contributed by atoms with van der Waals surface area (Å²) in [5.74, 6) is -1.56. The Balaban J connectivity index is 1.40. The Morgan fingerprint density at radius 3 is 2.00 bits per heavy atom. The maximum Gasteiger partial charge on any atom is 0.326 e. The fourth-order valence-corrected chi connectivity index (χ4v) is 5.91. The van der Waals surface area contributed by atoms with Crippen LogP contribution in [0.1, 0.15) is 41.9 Å². The first-order valence-corrected chi connectivity index (χ1v) is 12.5. The zero-order chi connectivity index (χ0) is 24.2. The number of carbonyl (C=O) groups excluding carboxylic acids is 1. The highest BCUT2D eigenvalue weighted by Gasteiger charge is 2.46. The summed E-state index contributed by atoms with van der Waals surface area (Å²) in [4.78, 5) is 30.5. The molecule has 2 saturated heterocycles. The van der Waals surface area contributed by atoms with Crippen molar-refractivity contribution in [1.29, 1.82) is 0 Å². The molecule has 3 aromatic carbocycles. The standard InChI is InChI=1S/C30H32N2O3/c33-29(28(23-13-6-2-7-14-23)24-15-8-3-9-16-24)32-21-26(20-27(32)30(34)35)31-18-10-17-25(31)19-22-11-4-1-5-12-22/h1-9,11-16,25-28H,10,17-21H2,(H,34,35)/t25?,26-,27-/m0/s1. The summed E-state index contributed by atoms with van der Waals surface area (Å²) in [6, 6.07) is 29.5.